The van der Waals surface area contributed by atoms with E-state index in [9.17, 15) is 9.59 Å². The fourth-order valence-corrected chi connectivity index (χ4v) is 4.39. The first-order valence-electron chi connectivity index (χ1n) is 11.7. The van der Waals surface area contributed by atoms with Crippen molar-refractivity contribution in [3.63, 3.8) is 0 Å². The van der Waals surface area contributed by atoms with Crippen molar-refractivity contribution in [2.75, 3.05) is 0 Å². The van der Waals surface area contributed by atoms with Crippen LogP contribution in [0.4, 0.5) is 0 Å². The van der Waals surface area contributed by atoms with Crippen molar-refractivity contribution >= 4 is 11.2 Å². The third-order valence-electron chi connectivity index (χ3n) is 6.15. The van der Waals surface area contributed by atoms with E-state index >= 15 is 0 Å². The average Bonchev–Trinajstić information content (AvgIpc) is 3.52. The van der Waals surface area contributed by atoms with Gasteiger partial charge in [0.25, 0.3) is 5.56 Å². The molecule has 0 saturated carbocycles. The molecule has 3 aromatic heterocycles. The van der Waals surface area contributed by atoms with Gasteiger partial charge in [0.05, 0.1) is 0 Å². The van der Waals surface area contributed by atoms with Crippen LogP contribution < -0.4 is 11.2 Å². The number of hydrogen-bond donors (Lipinski definition) is 2. The maximum Gasteiger partial charge on any atom is 0.330 e. The second-order valence-corrected chi connectivity index (χ2v) is 8.37. The van der Waals surface area contributed by atoms with Gasteiger partial charge in [0.2, 0.25) is 5.82 Å². The Labute approximate surface area is 200 Å². The highest BCUT2D eigenvalue weighted by Gasteiger charge is 2.18. The summed E-state index contributed by atoms with van der Waals surface area (Å²) in [6, 6.07) is 16.1. The topological polar surface area (TPSA) is 127 Å². The molecular formula is C25H26N8O2. The quantitative estimate of drug-likeness (QED) is 0.359. The average molecular weight is 471 g/mol. The van der Waals surface area contributed by atoms with Gasteiger partial charge in [-0.2, -0.15) is 5.21 Å². The second kappa shape index (κ2) is 9.49. The number of tetrazole rings is 1. The number of hydrogen-bond acceptors (Lipinski definition) is 6. The molecule has 0 unspecified atom stereocenters. The first kappa shape index (κ1) is 22.5. The lowest BCUT2D eigenvalue weighted by atomic mass is 9.98. The molecule has 35 heavy (non-hydrogen) atoms. The second-order valence-electron chi connectivity index (χ2n) is 8.37. The number of benzene rings is 2. The standard InChI is InChI=1S/C25H26N8O2/c1-3-5-10-20-26-23-21(24(34)27-25(35)32(23)4-2)33(20)15-16-11-13-17(14-12-16)18-8-6-7-9-19(18)22-28-30-31-29-22/h6-9,11-14H,3-5,10,15H2,1-2H3,(H,27,34,35)(H,28,29,30,31). The van der Waals surface area contributed by atoms with E-state index in [1.165, 1.54) is 4.57 Å². The van der Waals surface area contributed by atoms with Crippen molar-refractivity contribution in [2.45, 2.75) is 46.2 Å². The van der Waals surface area contributed by atoms with Crippen LogP contribution in [0.3, 0.4) is 0 Å². The van der Waals surface area contributed by atoms with E-state index in [0.717, 1.165) is 47.3 Å². The van der Waals surface area contributed by atoms with E-state index in [1.807, 2.05) is 60.0 Å². The van der Waals surface area contributed by atoms with Gasteiger partial charge in [0.15, 0.2) is 11.2 Å². The molecule has 2 N–H and O–H groups in total. The minimum absolute atomic E-state index is 0.407. The van der Waals surface area contributed by atoms with Crippen LogP contribution in [0, 0.1) is 0 Å². The molecule has 0 aliphatic rings. The molecule has 3 heterocycles. The molecule has 0 aliphatic heterocycles. The molecular weight excluding hydrogens is 444 g/mol. The van der Waals surface area contributed by atoms with Crippen LogP contribution in [0.15, 0.2) is 58.1 Å². The Balaban J connectivity index is 1.54. The Morgan fingerprint density at radius 3 is 2.40 bits per heavy atom. The zero-order valence-corrected chi connectivity index (χ0v) is 19.7. The molecule has 5 rings (SSSR count). The van der Waals surface area contributed by atoms with Crippen molar-refractivity contribution in [1.82, 2.24) is 39.7 Å². The fraction of sp³-hybridized carbons (Fsp3) is 0.280. The Morgan fingerprint density at radius 2 is 1.71 bits per heavy atom. The third-order valence-corrected chi connectivity index (χ3v) is 6.15. The smallest absolute Gasteiger partial charge is 0.318 e. The van der Waals surface area contributed by atoms with Gasteiger partial charge in [-0.05, 0) is 35.2 Å². The number of fused-ring (bicyclic) bond motifs is 1. The van der Waals surface area contributed by atoms with Crippen LogP contribution in [0.1, 0.15) is 38.1 Å². The van der Waals surface area contributed by atoms with Crippen LogP contribution in [-0.4, -0.2) is 39.7 Å². The highest BCUT2D eigenvalue weighted by molar-refractivity contribution is 5.80. The molecule has 5 aromatic rings. The summed E-state index contributed by atoms with van der Waals surface area (Å²) < 4.78 is 3.46. The number of aromatic nitrogens is 8. The third kappa shape index (κ3) is 4.18. The number of aromatic amines is 2. The molecule has 0 fully saturated rings. The van der Waals surface area contributed by atoms with Gasteiger partial charge in [0, 0.05) is 25.1 Å². The highest BCUT2D eigenvalue weighted by Crippen LogP contribution is 2.30. The molecule has 178 valence electrons. The molecule has 0 aliphatic carbocycles. The predicted molar refractivity (Wildman–Crippen MR) is 133 cm³/mol. The molecule has 0 spiro atoms. The van der Waals surface area contributed by atoms with E-state index in [1.54, 1.807) is 0 Å². The SMILES string of the molecule is CCCCc1nc2c(c(=O)[nH]c(=O)n2CC)n1Cc1ccc(-c2ccccc2-c2nn[nH]n2)cc1. The zero-order valence-electron chi connectivity index (χ0n) is 19.7. The van der Waals surface area contributed by atoms with Crippen molar-refractivity contribution in [3.05, 3.63) is 80.8 Å². The molecule has 2 aromatic carbocycles. The molecule has 0 atom stereocenters. The highest BCUT2D eigenvalue weighted by atomic mass is 16.2. The van der Waals surface area contributed by atoms with Gasteiger partial charge in [-0.1, -0.05) is 61.9 Å². The van der Waals surface area contributed by atoms with Gasteiger partial charge < -0.3 is 4.57 Å². The normalized spacial score (nSPS) is 11.4. The number of unbranched alkanes of at least 4 members (excludes halogenated alkanes) is 1. The number of rotatable bonds is 8. The van der Waals surface area contributed by atoms with Gasteiger partial charge in [-0.15, -0.1) is 10.2 Å². The number of H-pyrrole nitrogens is 2. The number of imidazole rings is 1. The van der Waals surface area contributed by atoms with Crippen molar-refractivity contribution in [2.24, 2.45) is 0 Å². The van der Waals surface area contributed by atoms with E-state index in [2.05, 4.69) is 32.5 Å². The maximum absolute atomic E-state index is 12.8. The monoisotopic (exact) mass is 470 g/mol. The minimum Gasteiger partial charge on any atom is -0.318 e. The first-order valence-corrected chi connectivity index (χ1v) is 11.7. The van der Waals surface area contributed by atoms with Crippen LogP contribution in [0.25, 0.3) is 33.7 Å². The molecule has 10 heteroatoms. The number of nitrogens with one attached hydrogen (secondary N) is 2. The Bertz CT molecular complexity index is 1580. The summed E-state index contributed by atoms with van der Waals surface area (Å²) in [5.41, 5.74) is 3.98. The fourth-order valence-electron chi connectivity index (χ4n) is 4.39. The number of aryl methyl sites for hydroxylation is 2. The van der Waals surface area contributed by atoms with Crippen LogP contribution in [-0.2, 0) is 19.5 Å². The predicted octanol–water partition coefficient (Wildman–Crippen LogP) is 3.14. The first-order chi connectivity index (χ1) is 17.1. The van der Waals surface area contributed by atoms with Crippen molar-refractivity contribution < 1.29 is 0 Å². The largest absolute Gasteiger partial charge is 0.330 e. The van der Waals surface area contributed by atoms with Gasteiger partial charge in [0.1, 0.15) is 5.82 Å². The molecule has 0 saturated heterocycles. The summed E-state index contributed by atoms with van der Waals surface area (Å²) in [6.07, 6.45) is 2.69. The molecule has 0 radical (unpaired) electrons. The number of nitrogens with zero attached hydrogens (tertiary/aromatic N) is 6. The van der Waals surface area contributed by atoms with Crippen LogP contribution in [0.5, 0.6) is 0 Å². The summed E-state index contributed by atoms with van der Waals surface area (Å²) in [5, 5.41) is 14.4. The summed E-state index contributed by atoms with van der Waals surface area (Å²) in [6.45, 7) is 4.90. The van der Waals surface area contributed by atoms with Crippen LogP contribution in [0.2, 0.25) is 0 Å². The van der Waals surface area contributed by atoms with E-state index in [4.69, 9.17) is 4.98 Å². The summed E-state index contributed by atoms with van der Waals surface area (Å²) in [7, 11) is 0. The summed E-state index contributed by atoms with van der Waals surface area (Å²) in [4.78, 5) is 32.3. The maximum atomic E-state index is 12.8. The zero-order chi connectivity index (χ0) is 24.4. The van der Waals surface area contributed by atoms with Gasteiger partial charge >= 0.3 is 5.69 Å². The lowest BCUT2D eigenvalue weighted by molar-refractivity contribution is 0.688. The van der Waals surface area contributed by atoms with Crippen LogP contribution >= 0.6 is 0 Å². The van der Waals surface area contributed by atoms with E-state index < -0.39 is 11.2 Å². The Kier molecular flexibility index (Phi) is 6.09. The van der Waals surface area contributed by atoms with Crippen molar-refractivity contribution in [3.8, 4) is 22.5 Å². The lowest BCUT2D eigenvalue weighted by Gasteiger charge is -2.11. The summed E-state index contributed by atoms with van der Waals surface area (Å²) >= 11 is 0. The Morgan fingerprint density at radius 1 is 0.943 bits per heavy atom. The van der Waals surface area contributed by atoms with Crippen molar-refractivity contribution in [1.29, 1.82) is 0 Å². The van der Waals surface area contributed by atoms with E-state index in [0.29, 0.717) is 30.1 Å². The minimum atomic E-state index is -0.429. The lowest BCUT2D eigenvalue weighted by Crippen LogP contribution is -2.30. The Hall–Kier alpha value is -4.34. The van der Waals surface area contributed by atoms with Gasteiger partial charge in [-0.3, -0.25) is 14.3 Å². The summed E-state index contributed by atoms with van der Waals surface area (Å²) in [5.74, 6) is 1.35. The van der Waals surface area contributed by atoms with Gasteiger partial charge in [-0.25, -0.2) is 9.78 Å². The molecule has 0 bridgehead atoms. The van der Waals surface area contributed by atoms with E-state index in [-0.39, 0.29) is 0 Å². The molecule has 10 nitrogen and oxygen atoms in total. The molecule has 0 amide bonds.